The van der Waals surface area contributed by atoms with E-state index in [2.05, 4.69) is 15.3 Å². The summed E-state index contributed by atoms with van der Waals surface area (Å²) in [5, 5.41) is 21.4. The van der Waals surface area contributed by atoms with Crippen LogP contribution in [0.15, 0.2) is 12.1 Å². The van der Waals surface area contributed by atoms with Crippen LogP contribution in [0.25, 0.3) is 5.82 Å². The van der Waals surface area contributed by atoms with E-state index < -0.39 is 11.9 Å². The highest BCUT2D eigenvalue weighted by molar-refractivity contribution is 6.29. The minimum absolute atomic E-state index is 0.296. The number of hydrogen-bond donors (Lipinski definition) is 1. The van der Waals surface area contributed by atoms with Gasteiger partial charge < -0.3 is 5.11 Å². The summed E-state index contributed by atoms with van der Waals surface area (Å²) in [4.78, 5) is 11.1. The first-order valence-corrected chi connectivity index (χ1v) is 6.08. The maximum absolute atomic E-state index is 11.1. The van der Waals surface area contributed by atoms with E-state index >= 15 is 0 Å². The van der Waals surface area contributed by atoms with Gasteiger partial charge in [-0.15, -0.1) is 10.2 Å². The van der Waals surface area contributed by atoms with Crippen molar-refractivity contribution in [3.63, 3.8) is 0 Å². The van der Waals surface area contributed by atoms with Gasteiger partial charge in [0.25, 0.3) is 0 Å². The Morgan fingerprint density at radius 1 is 1.37 bits per heavy atom. The van der Waals surface area contributed by atoms with E-state index in [-0.39, 0.29) is 0 Å². The molecule has 2 heterocycles. The van der Waals surface area contributed by atoms with Gasteiger partial charge in [0.1, 0.15) is 0 Å². The highest BCUT2D eigenvalue weighted by Crippen LogP contribution is 2.25. The normalized spacial score (nSPS) is 12.4. The van der Waals surface area contributed by atoms with Crippen molar-refractivity contribution in [2.75, 3.05) is 0 Å². The zero-order chi connectivity index (χ0) is 14.2. The number of carboxylic acid groups (broad SMARTS) is 1. The number of halogens is 1. The lowest BCUT2D eigenvalue weighted by molar-refractivity contribution is -0.138. The second-order valence-corrected chi connectivity index (χ2v) is 4.66. The molecule has 0 fully saturated rings. The Morgan fingerprint density at radius 3 is 2.58 bits per heavy atom. The summed E-state index contributed by atoms with van der Waals surface area (Å²) in [7, 11) is 0. The second kappa shape index (κ2) is 4.97. The molecule has 0 saturated heterocycles. The number of aromatic nitrogens is 4. The lowest BCUT2D eigenvalue weighted by Gasteiger charge is -2.07. The zero-order valence-electron chi connectivity index (χ0n) is 10.8. The molecule has 100 valence electrons. The molecule has 1 atom stereocenters. The van der Waals surface area contributed by atoms with Crippen LogP contribution in [0.1, 0.15) is 29.8 Å². The number of aryl methyl sites for hydroxylation is 1. The van der Waals surface area contributed by atoms with Crippen molar-refractivity contribution in [1.82, 2.24) is 20.0 Å². The molecule has 0 aliphatic heterocycles. The van der Waals surface area contributed by atoms with Gasteiger partial charge in [-0.3, -0.25) is 4.79 Å². The molecule has 2 rings (SSSR count). The maximum Gasteiger partial charge on any atom is 0.310 e. The van der Waals surface area contributed by atoms with E-state index in [1.165, 1.54) is 0 Å². The van der Waals surface area contributed by atoms with E-state index in [1.807, 2.05) is 6.92 Å². The van der Waals surface area contributed by atoms with Crippen LogP contribution < -0.4 is 0 Å². The molecule has 0 saturated carbocycles. The molecular formula is C12H13ClN4O2. The minimum Gasteiger partial charge on any atom is -0.481 e. The van der Waals surface area contributed by atoms with Crippen molar-refractivity contribution < 1.29 is 9.90 Å². The fraction of sp³-hybridized carbons (Fsp3) is 0.333. The van der Waals surface area contributed by atoms with Crippen LogP contribution in [0.4, 0.5) is 0 Å². The van der Waals surface area contributed by atoms with Crippen molar-refractivity contribution in [2.24, 2.45) is 0 Å². The van der Waals surface area contributed by atoms with Crippen molar-refractivity contribution in [1.29, 1.82) is 0 Å². The van der Waals surface area contributed by atoms with Crippen LogP contribution in [0.2, 0.25) is 5.15 Å². The summed E-state index contributed by atoms with van der Waals surface area (Å²) in [6, 6.07) is 3.30. The van der Waals surface area contributed by atoms with Gasteiger partial charge in [0.15, 0.2) is 11.0 Å². The Labute approximate surface area is 115 Å². The van der Waals surface area contributed by atoms with Gasteiger partial charge in [-0.1, -0.05) is 11.6 Å². The smallest absolute Gasteiger partial charge is 0.310 e. The van der Waals surface area contributed by atoms with Crippen molar-refractivity contribution in [3.8, 4) is 5.82 Å². The maximum atomic E-state index is 11.1. The number of carbonyl (C=O) groups is 1. The molecule has 0 amide bonds. The second-order valence-electron chi connectivity index (χ2n) is 4.27. The van der Waals surface area contributed by atoms with E-state index in [0.717, 1.165) is 5.69 Å². The highest BCUT2D eigenvalue weighted by atomic mass is 35.5. The summed E-state index contributed by atoms with van der Waals surface area (Å²) in [6.45, 7) is 5.23. The van der Waals surface area contributed by atoms with E-state index in [0.29, 0.717) is 22.2 Å². The third-order valence-electron chi connectivity index (χ3n) is 2.99. The number of carboxylic acids is 1. The largest absolute Gasteiger partial charge is 0.481 e. The van der Waals surface area contributed by atoms with Crippen LogP contribution in [0.5, 0.6) is 0 Å². The average Bonchev–Trinajstić information content (AvgIpc) is 2.65. The molecule has 2 aromatic heterocycles. The van der Waals surface area contributed by atoms with Crippen LogP contribution in [-0.2, 0) is 4.79 Å². The molecule has 1 unspecified atom stereocenters. The van der Waals surface area contributed by atoms with Gasteiger partial charge in [-0.05, 0) is 32.9 Å². The van der Waals surface area contributed by atoms with Crippen LogP contribution in [0, 0.1) is 13.8 Å². The number of aliphatic carboxylic acids is 1. The minimum atomic E-state index is -0.882. The van der Waals surface area contributed by atoms with E-state index in [1.54, 1.807) is 30.7 Å². The Hall–Kier alpha value is -1.95. The Kier molecular flexibility index (Phi) is 3.53. The summed E-state index contributed by atoms with van der Waals surface area (Å²) in [5.41, 5.74) is 2.11. The zero-order valence-corrected chi connectivity index (χ0v) is 11.5. The molecule has 0 aromatic carbocycles. The van der Waals surface area contributed by atoms with Crippen LogP contribution in [-0.4, -0.2) is 31.1 Å². The predicted molar refractivity (Wildman–Crippen MR) is 69.7 cm³/mol. The van der Waals surface area contributed by atoms with Crippen molar-refractivity contribution in [2.45, 2.75) is 26.7 Å². The topological polar surface area (TPSA) is 80.9 Å². The molecule has 0 bridgehead atoms. The summed E-state index contributed by atoms with van der Waals surface area (Å²) in [5.74, 6) is -0.990. The van der Waals surface area contributed by atoms with Crippen molar-refractivity contribution in [3.05, 3.63) is 34.2 Å². The summed E-state index contributed by atoms with van der Waals surface area (Å²) >= 11 is 5.69. The third kappa shape index (κ3) is 2.44. The Morgan fingerprint density at radius 2 is 2.05 bits per heavy atom. The molecule has 6 nitrogen and oxygen atoms in total. The quantitative estimate of drug-likeness (QED) is 0.931. The first-order valence-electron chi connectivity index (χ1n) is 5.70. The van der Waals surface area contributed by atoms with Gasteiger partial charge in [-0.25, -0.2) is 4.68 Å². The standard InChI is InChI=1S/C12H13ClN4O2/c1-6(12(18)19)11-7(2)16-17(8(11)3)10-5-4-9(13)14-15-10/h4-6H,1-3H3,(H,18,19). The van der Waals surface area contributed by atoms with Crippen LogP contribution in [0.3, 0.4) is 0 Å². The molecule has 1 N–H and O–H groups in total. The lowest BCUT2D eigenvalue weighted by Crippen LogP contribution is -2.10. The third-order valence-corrected chi connectivity index (χ3v) is 3.19. The molecule has 0 spiro atoms. The Bertz CT molecular complexity index is 621. The van der Waals surface area contributed by atoms with Crippen LogP contribution >= 0.6 is 11.6 Å². The molecule has 2 aromatic rings. The van der Waals surface area contributed by atoms with Gasteiger partial charge in [0, 0.05) is 11.3 Å². The number of nitrogens with zero attached hydrogens (tertiary/aromatic N) is 4. The molecule has 0 aliphatic rings. The highest BCUT2D eigenvalue weighted by Gasteiger charge is 2.23. The number of rotatable bonds is 3. The van der Waals surface area contributed by atoms with Gasteiger partial charge >= 0.3 is 5.97 Å². The molecular weight excluding hydrogens is 268 g/mol. The predicted octanol–water partition coefficient (Wildman–Crippen LogP) is 2.12. The summed E-state index contributed by atoms with van der Waals surface area (Å²) in [6.07, 6.45) is 0. The molecule has 0 aliphatic carbocycles. The van der Waals surface area contributed by atoms with E-state index in [4.69, 9.17) is 16.7 Å². The first kappa shape index (κ1) is 13.5. The number of hydrogen-bond acceptors (Lipinski definition) is 4. The van der Waals surface area contributed by atoms with Gasteiger partial charge in [0.2, 0.25) is 0 Å². The fourth-order valence-corrected chi connectivity index (χ4v) is 2.15. The average molecular weight is 281 g/mol. The van der Waals surface area contributed by atoms with Gasteiger partial charge in [-0.2, -0.15) is 5.10 Å². The van der Waals surface area contributed by atoms with E-state index in [9.17, 15) is 4.79 Å². The SMILES string of the molecule is Cc1nn(-c2ccc(Cl)nn2)c(C)c1C(C)C(=O)O. The van der Waals surface area contributed by atoms with Crippen molar-refractivity contribution >= 4 is 17.6 Å². The summed E-state index contributed by atoms with van der Waals surface area (Å²) < 4.78 is 1.58. The Balaban J connectivity index is 2.52. The van der Waals surface area contributed by atoms with Gasteiger partial charge in [0.05, 0.1) is 11.6 Å². The first-order chi connectivity index (χ1) is 8.91. The fourth-order valence-electron chi connectivity index (χ4n) is 2.05. The lowest BCUT2D eigenvalue weighted by atomic mass is 9.99. The molecule has 7 heteroatoms. The molecule has 19 heavy (non-hydrogen) atoms. The molecule has 0 radical (unpaired) electrons. The monoisotopic (exact) mass is 280 g/mol.